The number of carbonyl (C=O) groups is 1. The monoisotopic (exact) mass is 447 g/mol. The Morgan fingerprint density at radius 3 is 2.41 bits per heavy atom. The third kappa shape index (κ3) is 6.58. The molecule has 4 N–H and O–H groups in total. The van der Waals surface area contributed by atoms with Gasteiger partial charge in [-0.05, 0) is 50.6 Å². The van der Waals surface area contributed by atoms with Crippen LogP contribution in [-0.2, 0) is 9.53 Å². The maximum Gasteiger partial charge on any atom is 0.333 e. The molecule has 0 aromatic heterocycles. The summed E-state index contributed by atoms with van der Waals surface area (Å²) in [6, 6.07) is 8.13. The summed E-state index contributed by atoms with van der Waals surface area (Å²) in [5, 5.41) is 19.5. The molecule has 2 aromatic rings. The van der Waals surface area contributed by atoms with E-state index in [-0.39, 0.29) is 30.4 Å². The average molecular weight is 448 g/mol. The quantitative estimate of drug-likeness (QED) is 0.125. The Morgan fingerprint density at radius 2 is 1.81 bits per heavy atom. The molecule has 0 fully saturated rings. The van der Waals surface area contributed by atoms with Crippen molar-refractivity contribution >= 4 is 17.5 Å². The van der Waals surface area contributed by atoms with Gasteiger partial charge in [0.2, 0.25) is 0 Å². The third-order valence-corrected chi connectivity index (χ3v) is 4.54. The second kappa shape index (κ2) is 12.5. The fourth-order valence-corrected chi connectivity index (χ4v) is 2.94. The zero-order chi connectivity index (χ0) is 23.5. The SMILES string of the molecule is CCCCOC(=O)C(Nc1ccc(C(=N)NO)cc1)c1cc(OCC)cc(OCC)c1F. The predicted molar refractivity (Wildman–Crippen MR) is 119 cm³/mol. The smallest absolute Gasteiger partial charge is 0.333 e. The Balaban J connectivity index is 2.44. The molecule has 0 amide bonds. The van der Waals surface area contributed by atoms with Gasteiger partial charge in [-0.25, -0.2) is 9.18 Å². The number of amidine groups is 1. The number of anilines is 1. The number of unbranched alkanes of at least 4 members (excludes halogenated alkanes) is 1. The van der Waals surface area contributed by atoms with Gasteiger partial charge in [-0.3, -0.25) is 16.1 Å². The zero-order valence-corrected chi connectivity index (χ0v) is 18.5. The van der Waals surface area contributed by atoms with Crippen LogP contribution in [0.4, 0.5) is 10.1 Å². The maximum absolute atomic E-state index is 15.3. The Morgan fingerprint density at radius 1 is 1.12 bits per heavy atom. The number of nitrogens with one attached hydrogen (secondary N) is 3. The van der Waals surface area contributed by atoms with Crippen molar-refractivity contribution in [1.29, 1.82) is 5.41 Å². The van der Waals surface area contributed by atoms with Crippen LogP contribution >= 0.6 is 0 Å². The lowest BCUT2D eigenvalue weighted by Gasteiger charge is -2.22. The van der Waals surface area contributed by atoms with E-state index in [1.54, 1.807) is 43.6 Å². The van der Waals surface area contributed by atoms with Crippen LogP contribution in [0.25, 0.3) is 0 Å². The number of hydrogen-bond donors (Lipinski definition) is 4. The highest BCUT2D eigenvalue weighted by atomic mass is 19.1. The van der Waals surface area contributed by atoms with Crippen molar-refractivity contribution in [2.45, 2.75) is 39.7 Å². The summed E-state index contributed by atoms with van der Waals surface area (Å²) in [6.07, 6.45) is 1.54. The largest absolute Gasteiger partial charge is 0.494 e. The Hall–Kier alpha value is -3.33. The van der Waals surface area contributed by atoms with Gasteiger partial charge in [0.05, 0.1) is 19.8 Å². The molecule has 0 heterocycles. The van der Waals surface area contributed by atoms with E-state index in [0.717, 1.165) is 6.42 Å². The molecule has 0 spiro atoms. The maximum atomic E-state index is 15.3. The number of hydrogen-bond acceptors (Lipinski definition) is 7. The zero-order valence-electron chi connectivity index (χ0n) is 18.5. The van der Waals surface area contributed by atoms with Crippen molar-refractivity contribution in [3.05, 3.63) is 53.3 Å². The molecule has 9 heteroatoms. The van der Waals surface area contributed by atoms with E-state index < -0.39 is 17.8 Å². The molecule has 0 bridgehead atoms. The molecule has 1 unspecified atom stereocenters. The summed E-state index contributed by atoms with van der Waals surface area (Å²) in [5.41, 5.74) is 2.74. The number of ether oxygens (including phenoxy) is 3. The first-order chi connectivity index (χ1) is 15.4. The Bertz CT molecular complexity index is 905. The number of hydroxylamine groups is 1. The van der Waals surface area contributed by atoms with Gasteiger partial charge in [0.25, 0.3) is 0 Å². The van der Waals surface area contributed by atoms with E-state index in [1.807, 2.05) is 6.92 Å². The van der Waals surface area contributed by atoms with Crippen molar-refractivity contribution in [3.8, 4) is 11.5 Å². The number of benzene rings is 2. The first kappa shape index (κ1) is 24.9. The summed E-state index contributed by atoms with van der Waals surface area (Å²) < 4.78 is 31.6. The van der Waals surface area contributed by atoms with Gasteiger partial charge in [-0.15, -0.1) is 0 Å². The molecule has 0 aliphatic carbocycles. The molecule has 1 atom stereocenters. The van der Waals surface area contributed by atoms with Crippen LogP contribution < -0.4 is 20.3 Å². The highest BCUT2D eigenvalue weighted by Crippen LogP contribution is 2.33. The van der Waals surface area contributed by atoms with Crippen LogP contribution in [0.3, 0.4) is 0 Å². The van der Waals surface area contributed by atoms with Gasteiger partial charge in [0.15, 0.2) is 17.6 Å². The van der Waals surface area contributed by atoms with E-state index in [0.29, 0.717) is 30.0 Å². The minimum Gasteiger partial charge on any atom is -0.494 e. The summed E-state index contributed by atoms with van der Waals surface area (Å²) in [6.45, 7) is 6.35. The van der Waals surface area contributed by atoms with Crippen molar-refractivity contribution in [2.24, 2.45) is 0 Å². The summed E-state index contributed by atoms with van der Waals surface area (Å²) in [5.74, 6) is -1.13. The van der Waals surface area contributed by atoms with E-state index in [1.165, 1.54) is 12.1 Å². The molecule has 0 saturated heterocycles. The molecule has 174 valence electrons. The summed E-state index contributed by atoms with van der Waals surface area (Å²) in [7, 11) is 0. The van der Waals surface area contributed by atoms with Gasteiger partial charge in [-0.2, -0.15) is 0 Å². The minimum atomic E-state index is -1.16. The van der Waals surface area contributed by atoms with Crippen LogP contribution in [0, 0.1) is 11.2 Å². The summed E-state index contributed by atoms with van der Waals surface area (Å²) in [4.78, 5) is 12.9. The average Bonchev–Trinajstić information content (AvgIpc) is 2.80. The lowest BCUT2D eigenvalue weighted by molar-refractivity contribution is -0.144. The van der Waals surface area contributed by atoms with Crippen molar-refractivity contribution < 1.29 is 28.6 Å². The molecule has 2 rings (SSSR count). The lowest BCUT2D eigenvalue weighted by Crippen LogP contribution is -2.25. The van der Waals surface area contributed by atoms with Crippen molar-refractivity contribution in [3.63, 3.8) is 0 Å². The van der Waals surface area contributed by atoms with Crippen LogP contribution in [0.2, 0.25) is 0 Å². The van der Waals surface area contributed by atoms with E-state index >= 15 is 4.39 Å². The topological polar surface area (TPSA) is 113 Å². The molecular weight excluding hydrogens is 417 g/mol. The van der Waals surface area contributed by atoms with Gasteiger partial charge in [0, 0.05) is 22.9 Å². The van der Waals surface area contributed by atoms with Crippen LogP contribution in [0.15, 0.2) is 36.4 Å². The molecule has 0 radical (unpaired) electrons. The lowest BCUT2D eigenvalue weighted by atomic mass is 10.0. The van der Waals surface area contributed by atoms with Crippen molar-refractivity contribution in [2.75, 3.05) is 25.1 Å². The standard InChI is InChI=1S/C23H30FN3O5/c1-4-7-12-32-23(28)21(26-16-10-8-15(9-11-16)22(25)27-29)18-13-17(30-5-2)14-19(20(18)24)31-6-3/h8-11,13-14,21,26,29H,4-7,12H2,1-3H3,(H2,25,27). The minimum absolute atomic E-state index is 0.0144. The highest BCUT2D eigenvalue weighted by molar-refractivity contribution is 5.95. The molecule has 2 aromatic carbocycles. The van der Waals surface area contributed by atoms with E-state index in [4.69, 9.17) is 24.8 Å². The summed E-state index contributed by atoms with van der Waals surface area (Å²) >= 11 is 0. The molecule has 32 heavy (non-hydrogen) atoms. The number of rotatable bonds is 12. The van der Waals surface area contributed by atoms with Gasteiger partial charge in [-0.1, -0.05) is 13.3 Å². The van der Waals surface area contributed by atoms with Crippen LogP contribution in [0.1, 0.15) is 50.8 Å². The molecule has 0 saturated carbocycles. The number of halogens is 1. The molecule has 0 aliphatic heterocycles. The van der Waals surface area contributed by atoms with Crippen molar-refractivity contribution in [1.82, 2.24) is 5.48 Å². The highest BCUT2D eigenvalue weighted by Gasteiger charge is 2.28. The first-order valence-corrected chi connectivity index (χ1v) is 10.6. The fourth-order valence-electron chi connectivity index (χ4n) is 2.94. The van der Waals surface area contributed by atoms with Crippen LogP contribution in [-0.4, -0.2) is 36.8 Å². The normalized spacial score (nSPS) is 11.4. The molecule has 8 nitrogen and oxygen atoms in total. The van der Waals surface area contributed by atoms with E-state index in [9.17, 15) is 4.79 Å². The second-order valence-corrected chi connectivity index (χ2v) is 6.85. The molecule has 0 aliphatic rings. The van der Waals surface area contributed by atoms with Crippen LogP contribution in [0.5, 0.6) is 11.5 Å². The molecular formula is C23H30FN3O5. The Kier molecular flexibility index (Phi) is 9.75. The Labute approximate surface area is 187 Å². The first-order valence-electron chi connectivity index (χ1n) is 10.6. The number of esters is 1. The van der Waals surface area contributed by atoms with E-state index in [2.05, 4.69) is 5.32 Å². The second-order valence-electron chi connectivity index (χ2n) is 6.85. The van der Waals surface area contributed by atoms with Gasteiger partial charge < -0.3 is 19.5 Å². The fraction of sp³-hybridized carbons (Fsp3) is 0.391. The van der Waals surface area contributed by atoms with Gasteiger partial charge in [0.1, 0.15) is 11.6 Å². The predicted octanol–water partition coefficient (Wildman–Crippen LogP) is 4.42. The van der Waals surface area contributed by atoms with Gasteiger partial charge >= 0.3 is 5.97 Å². The third-order valence-electron chi connectivity index (χ3n) is 4.54. The number of carbonyl (C=O) groups excluding carboxylic acids is 1.